The van der Waals surface area contributed by atoms with Crippen molar-refractivity contribution in [1.29, 1.82) is 0 Å². The molecule has 0 saturated carbocycles. The Hall–Kier alpha value is -1.39. The second kappa shape index (κ2) is 6.86. The van der Waals surface area contributed by atoms with E-state index in [1.54, 1.807) is 0 Å². The normalized spacial score (nSPS) is 21.4. The van der Waals surface area contributed by atoms with Gasteiger partial charge in [-0.25, -0.2) is 0 Å². The van der Waals surface area contributed by atoms with Crippen molar-refractivity contribution in [1.82, 2.24) is 10.2 Å². The molecule has 1 unspecified atom stereocenters. The van der Waals surface area contributed by atoms with E-state index in [0.29, 0.717) is 6.54 Å². The highest BCUT2D eigenvalue weighted by atomic mass is 16.2. The molecule has 3 N–H and O–H groups in total. The molecule has 20 heavy (non-hydrogen) atoms. The lowest BCUT2D eigenvalue weighted by Crippen LogP contribution is -2.47. The van der Waals surface area contributed by atoms with Gasteiger partial charge in [0.15, 0.2) is 0 Å². The zero-order valence-corrected chi connectivity index (χ0v) is 12.4. The molecule has 0 spiro atoms. The fourth-order valence-electron chi connectivity index (χ4n) is 2.88. The summed E-state index contributed by atoms with van der Waals surface area (Å²) in [6.07, 6.45) is 2.15. The minimum Gasteiger partial charge on any atom is -0.348 e. The van der Waals surface area contributed by atoms with Crippen LogP contribution in [0.1, 0.15) is 36.9 Å². The largest absolute Gasteiger partial charge is 0.348 e. The molecule has 2 rings (SSSR count). The summed E-state index contributed by atoms with van der Waals surface area (Å²) >= 11 is 0. The van der Waals surface area contributed by atoms with Crippen molar-refractivity contribution in [2.24, 2.45) is 5.73 Å². The Labute approximate surface area is 121 Å². The smallest absolute Gasteiger partial charge is 0.234 e. The summed E-state index contributed by atoms with van der Waals surface area (Å²) < 4.78 is 0. The fraction of sp³-hybridized carbons (Fsp3) is 0.562. The van der Waals surface area contributed by atoms with Crippen LogP contribution in [0.3, 0.4) is 0 Å². The van der Waals surface area contributed by atoms with Crippen molar-refractivity contribution < 1.29 is 4.79 Å². The van der Waals surface area contributed by atoms with Crippen LogP contribution >= 0.6 is 0 Å². The number of benzene rings is 1. The lowest BCUT2D eigenvalue weighted by atomic mass is 10.0. The van der Waals surface area contributed by atoms with E-state index in [2.05, 4.69) is 29.3 Å². The molecular formula is C16H25N3O. The third-order valence-corrected chi connectivity index (χ3v) is 3.94. The minimum atomic E-state index is 0.0437. The Morgan fingerprint density at radius 3 is 2.95 bits per heavy atom. The molecule has 1 aliphatic heterocycles. The summed E-state index contributed by atoms with van der Waals surface area (Å²) in [6.45, 7) is 6.35. The maximum Gasteiger partial charge on any atom is 0.234 e. The van der Waals surface area contributed by atoms with Gasteiger partial charge in [-0.1, -0.05) is 24.3 Å². The first-order valence-electron chi connectivity index (χ1n) is 7.39. The van der Waals surface area contributed by atoms with Crippen LogP contribution in [0.2, 0.25) is 0 Å². The van der Waals surface area contributed by atoms with Gasteiger partial charge in [0, 0.05) is 12.6 Å². The molecule has 1 aromatic rings. The van der Waals surface area contributed by atoms with Crippen LogP contribution in [-0.2, 0) is 4.79 Å². The van der Waals surface area contributed by atoms with Gasteiger partial charge < -0.3 is 11.1 Å². The topological polar surface area (TPSA) is 58.4 Å². The predicted octanol–water partition coefficient (Wildman–Crippen LogP) is 1.60. The van der Waals surface area contributed by atoms with E-state index < -0.39 is 0 Å². The maximum absolute atomic E-state index is 12.1. The van der Waals surface area contributed by atoms with Crippen LogP contribution in [0, 0.1) is 6.92 Å². The Morgan fingerprint density at radius 2 is 2.25 bits per heavy atom. The molecule has 1 aliphatic rings. The quantitative estimate of drug-likeness (QED) is 0.877. The maximum atomic E-state index is 12.1. The molecule has 0 bridgehead atoms. The van der Waals surface area contributed by atoms with Crippen LogP contribution in [0.4, 0.5) is 0 Å². The number of amides is 1. The van der Waals surface area contributed by atoms with Crippen LogP contribution in [-0.4, -0.2) is 36.5 Å². The molecule has 110 valence electrons. The molecule has 4 heteroatoms. The lowest BCUT2D eigenvalue weighted by Gasteiger charge is -2.30. The van der Waals surface area contributed by atoms with Gasteiger partial charge in [0.25, 0.3) is 0 Å². The Bertz CT molecular complexity index is 461. The van der Waals surface area contributed by atoms with Crippen LogP contribution in [0.25, 0.3) is 0 Å². The summed E-state index contributed by atoms with van der Waals surface area (Å²) in [5, 5.41) is 3.08. The van der Waals surface area contributed by atoms with Gasteiger partial charge in [-0.2, -0.15) is 0 Å². The molecule has 0 aromatic heterocycles. The molecule has 2 atom stereocenters. The van der Waals surface area contributed by atoms with Crippen LogP contribution < -0.4 is 11.1 Å². The number of hydrogen-bond donors (Lipinski definition) is 2. The Kier molecular flexibility index (Phi) is 5.15. The first kappa shape index (κ1) is 15.0. The number of nitrogens with one attached hydrogen (secondary N) is 1. The number of likely N-dealkylation sites (tertiary alicyclic amines) is 1. The summed E-state index contributed by atoms with van der Waals surface area (Å²) in [5.74, 6) is 0.0786. The van der Waals surface area contributed by atoms with E-state index in [1.165, 1.54) is 11.1 Å². The van der Waals surface area contributed by atoms with Gasteiger partial charge in [0.05, 0.1) is 12.6 Å². The van der Waals surface area contributed by atoms with Crippen molar-refractivity contribution >= 4 is 5.91 Å². The summed E-state index contributed by atoms with van der Waals surface area (Å²) in [4.78, 5) is 14.3. The highest BCUT2D eigenvalue weighted by Gasteiger charge is 2.19. The average Bonchev–Trinajstić information content (AvgIpc) is 2.38. The van der Waals surface area contributed by atoms with E-state index >= 15 is 0 Å². The number of piperidine rings is 1. The van der Waals surface area contributed by atoms with Gasteiger partial charge in [-0.15, -0.1) is 0 Å². The van der Waals surface area contributed by atoms with E-state index in [4.69, 9.17) is 5.73 Å². The molecule has 4 nitrogen and oxygen atoms in total. The second-order valence-corrected chi connectivity index (χ2v) is 5.78. The first-order chi connectivity index (χ1) is 9.56. The molecular weight excluding hydrogens is 250 g/mol. The van der Waals surface area contributed by atoms with Gasteiger partial charge in [0.2, 0.25) is 5.91 Å². The Morgan fingerprint density at radius 1 is 1.50 bits per heavy atom. The number of nitrogens with zero attached hydrogens (tertiary/aromatic N) is 1. The number of aryl methyl sites for hydroxylation is 1. The first-order valence-corrected chi connectivity index (χ1v) is 7.39. The molecule has 1 heterocycles. The molecule has 1 saturated heterocycles. The van der Waals surface area contributed by atoms with E-state index in [-0.39, 0.29) is 18.0 Å². The zero-order chi connectivity index (χ0) is 14.5. The molecule has 1 amide bonds. The number of carbonyl (C=O) groups excluding carboxylic acids is 1. The third-order valence-electron chi connectivity index (χ3n) is 3.94. The number of nitrogens with two attached hydrogens (primary N) is 1. The average molecular weight is 275 g/mol. The monoisotopic (exact) mass is 275 g/mol. The van der Waals surface area contributed by atoms with Crippen molar-refractivity contribution in [2.75, 3.05) is 19.6 Å². The standard InChI is InChI=1S/C16H25N3O/c1-12-6-3-4-8-15(12)13(2)18-16(20)11-19-9-5-7-14(17)10-19/h3-4,6,8,13-14H,5,7,9-11,17H2,1-2H3,(H,18,20)/t13?,14-/m1/s1. The van der Waals surface area contributed by atoms with Crippen LogP contribution in [0.5, 0.6) is 0 Å². The third kappa shape index (κ3) is 4.05. The van der Waals surface area contributed by atoms with Crippen molar-refractivity contribution in [3.63, 3.8) is 0 Å². The molecule has 1 fully saturated rings. The molecule has 0 aliphatic carbocycles. The van der Waals surface area contributed by atoms with E-state index in [0.717, 1.165) is 25.9 Å². The van der Waals surface area contributed by atoms with Crippen molar-refractivity contribution in [3.05, 3.63) is 35.4 Å². The van der Waals surface area contributed by atoms with E-state index in [9.17, 15) is 4.79 Å². The predicted molar refractivity (Wildman–Crippen MR) is 81.4 cm³/mol. The highest BCUT2D eigenvalue weighted by Crippen LogP contribution is 2.16. The van der Waals surface area contributed by atoms with Crippen molar-refractivity contribution in [3.8, 4) is 0 Å². The van der Waals surface area contributed by atoms with Gasteiger partial charge >= 0.3 is 0 Å². The van der Waals surface area contributed by atoms with Crippen LogP contribution in [0.15, 0.2) is 24.3 Å². The number of rotatable bonds is 4. The Balaban J connectivity index is 1.86. The lowest BCUT2D eigenvalue weighted by molar-refractivity contribution is -0.123. The summed E-state index contributed by atoms with van der Waals surface area (Å²) in [7, 11) is 0. The van der Waals surface area contributed by atoms with Crippen molar-refractivity contribution in [2.45, 2.75) is 38.8 Å². The highest BCUT2D eigenvalue weighted by molar-refractivity contribution is 5.78. The second-order valence-electron chi connectivity index (χ2n) is 5.78. The SMILES string of the molecule is Cc1ccccc1C(C)NC(=O)CN1CCC[C@@H](N)C1. The number of carbonyl (C=O) groups is 1. The molecule has 0 radical (unpaired) electrons. The molecule has 1 aromatic carbocycles. The fourth-order valence-corrected chi connectivity index (χ4v) is 2.88. The zero-order valence-electron chi connectivity index (χ0n) is 12.4. The summed E-state index contributed by atoms with van der Waals surface area (Å²) in [5.41, 5.74) is 8.33. The van der Waals surface area contributed by atoms with E-state index in [1.807, 2.05) is 19.1 Å². The number of hydrogen-bond acceptors (Lipinski definition) is 3. The van der Waals surface area contributed by atoms with Gasteiger partial charge in [0.1, 0.15) is 0 Å². The summed E-state index contributed by atoms with van der Waals surface area (Å²) in [6, 6.07) is 8.42. The van der Waals surface area contributed by atoms with Gasteiger partial charge in [-0.05, 0) is 44.4 Å². The minimum absolute atomic E-state index is 0.0437. The van der Waals surface area contributed by atoms with Gasteiger partial charge in [-0.3, -0.25) is 9.69 Å².